The van der Waals surface area contributed by atoms with Gasteiger partial charge in [0.1, 0.15) is 5.82 Å². The highest BCUT2D eigenvalue weighted by Gasteiger charge is 2.27. The van der Waals surface area contributed by atoms with Crippen molar-refractivity contribution in [3.05, 3.63) is 72.1 Å². The van der Waals surface area contributed by atoms with Crippen molar-refractivity contribution in [1.82, 2.24) is 0 Å². The van der Waals surface area contributed by atoms with Gasteiger partial charge in [-0.2, -0.15) is 0 Å². The molecule has 24 heavy (non-hydrogen) atoms. The van der Waals surface area contributed by atoms with Crippen LogP contribution in [-0.2, 0) is 4.79 Å². The predicted molar refractivity (Wildman–Crippen MR) is 94.2 cm³/mol. The van der Waals surface area contributed by atoms with Gasteiger partial charge >= 0.3 is 0 Å². The molecule has 2 aromatic carbocycles. The predicted octanol–water partition coefficient (Wildman–Crippen LogP) is 2.52. The van der Waals surface area contributed by atoms with Gasteiger partial charge in [-0.3, -0.25) is 4.79 Å². The number of hydrogen-bond donors (Lipinski definition) is 2. The second kappa shape index (κ2) is 7.41. The Morgan fingerprint density at radius 3 is 2.62 bits per heavy atom. The maximum atomic E-state index is 13.2. The first kappa shape index (κ1) is 16.4. The van der Waals surface area contributed by atoms with Crippen molar-refractivity contribution >= 4 is 17.2 Å². The van der Waals surface area contributed by atoms with Crippen molar-refractivity contribution in [3.8, 4) is 0 Å². The molecule has 1 aliphatic rings. The van der Waals surface area contributed by atoms with E-state index in [1.54, 1.807) is 12.1 Å². The van der Waals surface area contributed by atoms with Crippen LogP contribution in [0.2, 0.25) is 0 Å². The lowest BCUT2D eigenvalue weighted by atomic mass is 9.99. The van der Waals surface area contributed by atoms with Crippen LogP contribution in [-0.4, -0.2) is 25.0 Å². The highest BCUT2D eigenvalue weighted by molar-refractivity contribution is 5.93. The van der Waals surface area contributed by atoms with Crippen LogP contribution in [0, 0.1) is 5.82 Å². The van der Waals surface area contributed by atoms with E-state index in [0.29, 0.717) is 5.69 Å². The molecule has 2 aromatic rings. The van der Waals surface area contributed by atoms with E-state index in [1.165, 1.54) is 28.2 Å². The van der Waals surface area contributed by atoms with Gasteiger partial charge in [0.15, 0.2) is 6.04 Å². The summed E-state index contributed by atoms with van der Waals surface area (Å²) in [5.41, 5.74) is 3.11. The monoisotopic (exact) mass is 325 g/mol. The molecule has 1 amide bonds. The minimum absolute atomic E-state index is 0.0767. The fourth-order valence-corrected chi connectivity index (χ4v) is 3.06. The zero-order valence-electron chi connectivity index (χ0n) is 13.8. The molecule has 1 unspecified atom stereocenters. The van der Waals surface area contributed by atoms with Gasteiger partial charge in [-0.05, 0) is 42.3 Å². The van der Waals surface area contributed by atoms with E-state index >= 15 is 0 Å². The summed E-state index contributed by atoms with van der Waals surface area (Å²) in [6, 6.07) is 16.2. The molecule has 0 saturated carbocycles. The standard InChI is InChI=1S/C20H21FN2O/c1-15(20(24)22-19-9-5-8-18(21)14-19)23-12-10-17(11-13-23)16-6-3-2-4-7-16/h2-10,14-15H,11-13H2,1H3,(H,22,24)/p+1/t15-/m0/s1. The Balaban J connectivity index is 1.61. The summed E-state index contributed by atoms with van der Waals surface area (Å²) in [5, 5.41) is 2.80. The normalized spacial score (nSPS) is 18.6. The summed E-state index contributed by atoms with van der Waals surface area (Å²) in [6.45, 7) is 3.66. The Hall–Kier alpha value is -2.46. The molecule has 0 radical (unpaired) electrons. The van der Waals surface area contributed by atoms with Crippen molar-refractivity contribution in [2.75, 3.05) is 18.4 Å². The highest BCUT2D eigenvalue weighted by Crippen LogP contribution is 2.18. The lowest BCUT2D eigenvalue weighted by Gasteiger charge is -2.28. The van der Waals surface area contributed by atoms with Gasteiger partial charge in [0.05, 0.1) is 13.1 Å². The molecule has 3 rings (SSSR count). The van der Waals surface area contributed by atoms with E-state index in [9.17, 15) is 9.18 Å². The third-order valence-electron chi connectivity index (χ3n) is 4.57. The molecule has 0 spiro atoms. The van der Waals surface area contributed by atoms with Crippen molar-refractivity contribution < 1.29 is 14.1 Å². The molecule has 0 fully saturated rings. The summed E-state index contributed by atoms with van der Waals surface area (Å²) < 4.78 is 13.2. The summed E-state index contributed by atoms with van der Waals surface area (Å²) in [6.07, 6.45) is 3.18. The number of quaternary nitrogens is 1. The summed E-state index contributed by atoms with van der Waals surface area (Å²) in [4.78, 5) is 13.6. The number of carbonyl (C=O) groups excluding carboxylic acids is 1. The molecule has 4 heteroatoms. The van der Waals surface area contributed by atoms with E-state index in [1.807, 2.05) is 25.1 Å². The molecule has 0 bridgehead atoms. The summed E-state index contributed by atoms with van der Waals surface area (Å²) >= 11 is 0. The molecule has 0 saturated heterocycles. The second-order valence-corrected chi connectivity index (χ2v) is 6.18. The quantitative estimate of drug-likeness (QED) is 0.890. The highest BCUT2D eigenvalue weighted by atomic mass is 19.1. The van der Waals surface area contributed by atoms with Crippen molar-refractivity contribution in [2.24, 2.45) is 0 Å². The van der Waals surface area contributed by atoms with E-state index in [-0.39, 0.29) is 17.8 Å². The first-order valence-electron chi connectivity index (χ1n) is 8.29. The number of anilines is 1. The topological polar surface area (TPSA) is 33.5 Å². The maximum absolute atomic E-state index is 13.2. The number of amides is 1. The molecule has 2 N–H and O–H groups in total. The van der Waals surface area contributed by atoms with Gasteiger partial charge in [-0.25, -0.2) is 4.39 Å². The number of benzene rings is 2. The van der Waals surface area contributed by atoms with Crippen LogP contribution >= 0.6 is 0 Å². The third kappa shape index (κ3) is 3.89. The number of rotatable bonds is 4. The Labute approximate surface area is 141 Å². The molecule has 0 aromatic heterocycles. The van der Waals surface area contributed by atoms with Gasteiger partial charge < -0.3 is 10.2 Å². The fourth-order valence-electron chi connectivity index (χ4n) is 3.06. The van der Waals surface area contributed by atoms with E-state index in [4.69, 9.17) is 0 Å². The lowest BCUT2D eigenvalue weighted by molar-refractivity contribution is -0.909. The molecule has 124 valence electrons. The average Bonchev–Trinajstić information content (AvgIpc) is 2.62. The molecule has 1 aliphatic heterocycles. The third-order valence-corrected chi connectivity index (χ3v) is 4.57. The molecule has 2 atom stereocenters. The summed E-state index contributed by atoms with van der Waals surface area (Å²) in [5.74, 6) is -0.423. The Morgan fingerprint density at radius 1 is 1.17 bits per heavy atom. The first-order valence-corrected chi connectivity index (χ1v) is 8.29. The van der Waals surface area contributed by atoms with Crippen LogP contribution in [0.15, 0.2) is 60.7 Å². The van der Waals surface area contributed by atoms with Crippen LogP contribution in [0.3, 0.4) is 0 Å². The number of nitrogens with one attached hydrogen (secondary N) is 2. The van der Waals surface area contributed by atoms with Crippen LogP contribution in [0.5, 0.6) is 0 Å². The Morgan fingerprint density at radius 2 is 1.96 bits per heavy atom. The van der Waals surface area contributed by atoms with E-state index in [0.717, 1.165) is 19.5 Å². The fraction of sp³-hybridized carbons (Fsp3) is 0.250. The smallest absolute Gasteiger partial charge is 0.282 e. The molecule has 3 nitrogen and oxygen atoms in total. The zero-order chi connectivity index (χ0) is 16.9. The van der Waals surface area contributed by atoms with Crippen LogP contribution in [0.4, 0.5) is 10.1 Å². The second-order valence-electron chi connectivity index (χ2n) is 6.18. The van der Waals surface area contributed by atoms with Gasteiger partial charge in [0.2, 0.25) is 0 Å². The maximum Gasteiger partial charge on any atom is 0.282 e. The van der Waals surface area contributed by atoms with Gasteiger partial charge in [-0.15, -0.1) is 0 Å². The van der Waals surface area contributed by atoms with E-state index < -0.39 is 0 Å². The van der Waals surface area contributed by atoms with Gasteiger partial charge in [0, 0.05) is 12.1 Å². The number of carbonyl (C=O) groups is 1. The largest absolute Gasteiger partial charge is 0.321 e. The minimum Gasteiger partial charge on any atom is -0.321 e. The average molecular weight is 325 g/mol. The van der Waals surface area contributed by atoms with Crippen LogP contribution in [0.1, 0.15) is 18.9 Å². The lowest BCUT2D eigenvalue weighted by Crippen LogP contribution is -3.17. The number of hydrogen-bond acceptors (Lipinski definition) is 1. The molecular formula is C20H22FN2O+. The summed E-state index contributed by atoms with van der Waals surface area (Å²) in [7, 11) is 0. The van der Waals surface area contributed by atoms with Crippen molar-refractivity contribution in [3.63, 3.8) is 0 Å². The zero-order valence-corrected chi connectivity index (χ0v) is 13.8. The van der Waals surface area contributed by atoms with Crippen molar-refractivity contribution in [2.45, 2.75) is 19.4 Å². The minimum atomic E-state index is -0.346. The molecular weight excluding hydrogens is 303 g/mol. The van der Waals surface area contributed by atoms with E-state index in [2.05, 4.69) is 23.5 Å². The molecule has 0 aliphatic carbocycles. The van der Waals surface area contributed by atoms with Crippen molar-refractivity contribution in [1.29, 1.82) is 0 Å². The molecule has 1 heterocycles. The Kier molecular flexibility index (Phi) is 5.06. The Bertz CT molecular complexity index is 742. The SMILES string of the molecule is C[C@@H](C(=O)Nc1cccc(F)c1)[NH+]1CC=C(c2ccccc2)CC1. The van der Waals surface area contributed by atoms with Gasteiger partial charge in [0.25, 0.3) is 5.91 Å². The first-order chi connectivity index (χ1) is 11.6. The van der Waals surface area contributed by atoms with Crippen LogP contribution < -0.4 is 10.2 Å². The van der Waals surface area contributed by atoms with Gasteiger partial charge in [-0.1, -0.05) is 36.4 Å². The number of halogens is 1. The van der Waals surface area contributed by atoms with Crippen LogP contribution in [0.25, 0.3) is 5.57 Å².